The van der Waals surface area contributed by atoms with E-state index in [1.165, 1.54) is 6.08 Å². The SMILES string of the molecule is N#CC=Cc1ccnc(Cl)c1. The maximum Gasteiger partial charge on any atom is 0.129 e. The average molecular weight is 165 g/mol. The van der Waals surface area contributed by atoms with Gasteiger partial charge in [-0.1, -0.05) is 11.6 Å². The molecule has 1 aromatic heterocycles. The van der Waals surface area contributed by atoms with Crippen molar-refractivity contribution in [1.82, 2.24) is 4.98 Å². The Labute approximate surface area is 69.8 Å². The largest absolute Gasteiger partial charge is 0.245 e. The molecule has 0 aliphatic heterocycles. The van der Waals surface area contributed by atoms with Gasteiger partial charge in [-0.05, 0) is 23.8 Å². The lowest BCUT2D eigenvalue weighted by Crippen LogP contribution is -1.74. The topological polar surface area (TPSA) is 36.7 Å². The van der Waals surface area contributed by atoms with Crippen LogP contribution in [0.3, 0.4) is 0 Å². The first kappa shape index (κ1) is 7.77. The molecule has 54 valence electrons. The summed E-state index contributed by atoms with van der Waals surface area (Å²) in [6, 6.07) is 5.36. The maximum absolute atomic E-state index is 8.21. The summed E-state index contributed by atoms with van der Waals surface area (Å²) in [7, 11) is 0. The number of nitriles is 1. The predicted octanol–water partition coefficient (Wildman–Crippen LogP) is 2.27. The Morgan fingerprint density at radius 2 is 2.45 bits per heavy atom. The number of hydrogen-bond donors (Lipinski definition) is 0. The fourth-order valence-corrected chi connectivity index (χ4v) is 0.837. The summed E-state index contributed by atoms with van der Waals surface area (Å²) in [5, 5.41) is 8.65. The van der Waals surface area contributed by atoms with Crippen molar-refractivity contribution in [2.45, 2.75) is 0 Å². The molecule has 0 bridgehead atoms. The van der Waals surface area contributed by atoms with E-state index in [2.05, 4.69) is 4.98 Å². The lowest BCUT2D eigenvalue weighted by molar-refractivity contribution is 1.32. The van der Waals surface area contributed by atoms with Crippen LogP contribution < -0.4 is 0 Å². The number of nitrogens with zero attached hydrogens (tertiary/aromatic N) is 2. The number of pyridine rings is 1. The third-order valence-electron chi connectivity index (χ3n) is 1.10. The molecule has 0 unspecified atom stereocenters. The van der Waals surface area contributed by atoms with Crippen molar-refractivity contribution in [2.75, 3.05) is 0 Å². The highest BCUT2D eigenvalue weighted by atomic mass is 35.5. The molecular weight excluding hydrogens is 160 g/mol. The number of aromatic nitrogens is 1. The minimum atomic E-state index is 0.435. The van der Waals surface area contributed by atoms with Crippen molar-refractivity contribution in [3.8, 4) is 6.07 Å². The second-order valence-corrected chi connectivity index (χ2v) is 2.26. The molecular formula is C8H5ClN2. The van der Waals surface area contributed by atoms with Crippen LogP contribution in [0.25, 0.3) is 6.08 Å². The zero-order valence-electron chi connectivity index (χ0n) is 5.66. The van der Waals surface area contributed by atoms with E-state index >= 15 is 0 Å². The van der Waals surface area contributed by atoms with Crippen LogP contribution >= 0.6 is 11.6 Å². The summed E-state index contributed by atoms with van der Waals surface area (Å²) >= 11 is 5.60. The lowest BCUT2D eigenvalue weighted by Gasteiger charge is -1.90. The fourth-order valence-electron chi connectivity index (χ4n) is 0.655. The van der Waals surface area contributed by atoms with Crippen LogP contribution in [-0.2, 0) is 0 Å². The number of hydrogen-bond acceptors (Lipinski definition) is 2. The molecule has 0 saturated heterocycles. The Bertz CT molecular complexity index is 312. The van der Waals surface area contributed by atoms with Gasteiger partial charge in [0, 0.05) is 12.3 Å². The molecule has 0 N–H and O–H groups in total. The van der Waals surface area contributed by atoms with E-state index < -0.39 is 0 Å². The third-order valence-corrected chi connectivity index (χ3v) is 1.31. The Hall–Kier alpha value is -1.33. The van der Waals surface area contributed by atoms with Crippen molar-refractivity contribution >= 4 is 17.7 Å². The van der Waals surface area contributed by atoms with E-state index in [1.807, 2.05) is 6.07 Å². The fraction of sp³-hybridized carbons (Fsp3) is 0. The van der Waals surface area contributed by atoms with Crippen LogP contribution in [0.1, 0.15) is 5.56 Å². The minimum absolute atomic E-state index is 0.435. The minimum Gasteiger partial charge on any atom is -0.245 e. The van der Waals surface area contributed by atoms with Crippen LogP contribution in [0.2, 0.25) is 5.15 Å². The molecule has 1 aromatic rings. The van der Waals surface area contributed by atoms with Crippen LogP contribution in [-0.4, -0.2) is 4.98 Å². The molecule has 0 saturated carbocycles. The van der Waals surface area contributed by atoms with E-state index in [9.17, 15) is 0 Å². The van der Waals surface area contributed by atoms with E-state index in [-0.39, 0.29) is 0 Å². The van der Waals surface area contributed by atoms with Crippen molar-refractivity contribution in [2.24, 2.45) is 0 Å². The highest BCUT2D eigenvalue weighted by Crippen LogP contribution is 2.07. The van der Waals surface area contributed by atoms with Crippen molar-refractivity contribution in [3.05, 3.63) is 35.1 Å². The van der Waals surface area contributed by atoms with E-state index in [4.69, 9.17) is 16.9 Å². The van der Waals surface area contributed by atoms with Gasteiger partial charge in [0.15, 0.2) is 0 Å². The van der Waals surface area contributed by atoms with Gasteiger partial charge in [-0.2, -0.15) is 5.26 Å². The van der Waals surface area contributed by atoms with Gasteiger partial charge in [0.05, 0.1) is 6.07 Å². The number of halogens is 1. The first-order valence-corrected chi connectivity index (χ1v) is 3.38. The number of allylic oxidation sites excluding steroid dienone is 1. The Morgan fingerprint density at radius 1 is 1.64 bits per heavy atom. The van der Waals surface area contributed by atoms with Crippen LogP contribution in [0, 0.1) is 11.3 Å². The highest BCUT2D eigenvalue weighted by Gasteiger charge is 1.88. The molecule has 3 heteroatoms. The van der Waals surface area contributed by atoms with Crippen LogP contribution in [0.5, 0.6) is 0 Å². The van der Waals surface area contributed by atoms with E-state index in [0.29, 0.717) is 5.15 Å². The highest BCUT2D eigenvalue weighted by molar-refractivity contribution is 6.29. The first-order valence-electron chi connectivity index (χ1n) is 3.00. The Morgan fingerprint density at radius 3 is 3.09 bits per heavy atom. The summed E-state index contributed by atoms with van der Waals surface area (Å²) in [6.45, 7) is 0. The molecule has 0 aromatic carbocycles. The van der Waals surface area contributed by atoms with Gasteiger partial charge in [-0.15, -0.1) is 0 Å². The second kappa shape index (κ2) is 3.75. The molecule has 1 rings (SSSR count). The third kappa shape index (κ3) is 2.40. The van der Waals surface area contributed by atoms with E-state index in [0.717, 1.165) is 5.56 Å². The molecule has 0 fully saturated rings. The van der Waals surface area contributed by atoms with Gasteiger partial charge in [0.1, 0.15) is 5.15 Å². The average Bonchev–Trinajstić information content (AvgIpc) is 2.01. The zero-order chi connectivity index (χ0) is 8.10. The maximum atomic E-state index is 8.21. The van der Waals surface area contributed by atoms with E-state index in [1.54, 1.807) is 24.4 Å². The molecule has 0 radical (unpaired) electrons. The van der Waals surface area contributed by atoms with Gasteiger partial charge >= 0.3 is 0 Å². The van der Waals surface area contributed by atoms with Gasteiger partial charge in [0.2, 0.25) is 0 Å². The standard InChI is InChI=1S/C8H5ClN2/c9-8-6-7(2-1-4-10)3-5-11-8/h1-3,5-6H. The summed E-state index contributed by atoms with van der Waals surface area (Å²) < 4.78 is 0. The quantitative estimate of drug-likeness (QED) is 0.472. The van der Waals surface area contributed by atoms with Gasteiger partial charge in [0.25, 0.3) is 0 Å². The summed E-state index contributed by atoms with van der Waals surface area (Å²) in [5.74, 6) is 0. The first-order chi connectivity index (χ1) is 5.33. The monoisotopic (exact) mass is 164 g/mol. The predicted molar refractivity (Wildman–Crippen MR) is 43.9 cm³/mol. The van der Waals surface area contributed by atoms with Crippen LogP contribution in [0.4, 0.5) is 0 Å². The summed E-state index contributed by atoms with van der Waals surface area (Å²) in [5.41, 5.74) is 0.881. The summed E-state index contributed by atoms with van der Waals surface area (Å²) in [6.07, 6.45) is 4.67. The summed E-state index contributed by atoms with van der Waals surface area (Å²) in [4.78, 5) is 3.80. The van der Waals surface area contributed by atoms with Crippen molar-refractivity contribution in [3.63, 3.8) is 0 Å². The Kier molecular flexibility index (Phi) is 2.65. The smallest absolute Gasteiger partial charge is 0.129 e. The molecule has 11 heavy (non-hydrogen) atoms. The molecule has 0 atom stereocenters. The molecule has 2 nitrogen and oxygen atoms in total. The molecule has 0 aliphatic carbocycles. The van der Waals surface area contributed by atoms with Gasteiger partial charge in [-0.3, -0.25) is 0 Å². The molecule has 1 heterocycles. The Balaban J connectivity index is 2.90. The lowest BCUT2D eigenvalue weighted by atomic mass is 10.2. The second-order valence-electron chi connectivity index (χ2n) is 1.87. The molecule has 0 spiro atoms. The van der Waals surface area contributed by atoms with Gasteiger partial charge in [-0.25, -0.2) is 4.98 Å². The van der Waals surface area contributed by atoms with Crippen molar-refractivity contribution < 1.29 is 0 Å². The molecule has 0 aliphatic rings. The van der Waals surface area contributed by atoms with Gasteiger partial charge < -0.3 is 0 Å². The molecule has 0 amide bonds. The van der Waals surface area contributed by atoms with Crippen LogP contribution in [0.15, 0.2) is 24.4 Å². The normalized spacial score (nSPS) is 9.82. The zero-order valence-corrected chi connectivity index (χ0v) is 6.42. The number of rotatable bonds is 1. The van der Waals surface area contributed by atoms with Crippen molar-refractivity contribution in [1.29, 1.82) is 5.26 Å².